The van der Waals surface area contributed by atoms with Crippen LogP contribution in [0.5, 0.6) is 11.5 Å². The van der Waals surface area contributed by atoms with Crippen LogP contribution in [0.15, 0.2) is 23.2 Å². The summed E-state index contributed by atoms with van der Waals surface area (Å²) in [4.78, 5) is 4.16. The van der Waals surface area contributed by atoms with Crippen molar-refractivity contribution in [3.8, 4) is 11.5 Å². The Balaban J connectivity index is 2.58. The molecule has 0 saturated carbocycles. The SMILES string of the molecule is CCCOc1ccc(CNC(=NC)NCCOC)cc1OC. The molecule has 0 radical (unpaired) electrons. The predicted octanol–water partition coefficient (Wildman–Crippen LogP) is 1.80. The number of nitrogens with one attached hydrogen (secondary N) is 2. The molecule has 2 N–H and O–H groups in total. The van der Waals surface area contributed by atoms with Gasteiger partial charge < -0.3 is 24.8 Å². The first kappa shape index (κ1) is 18.1. The summed E-state index contributed by atoms with van der Waals surface area (Å²) in [5.74, 6) is 2.26. The number of rotatable bonds is 9. The molecule has 6 nitrogen and oxygen atoms in total. The summed E-state index contributed by atoms with van der Waals surface area (Å²) in [7, 11) is 5.06. The minimum atomic E-state index is 0.637. The highest BCUT2D eigenvalue weighted by atomic mass is 16.5. The van der Waals surface area contributed by atoms with Gasteiger partial charge in [0.2, 0.25) is 0 Å². The first-order chi connectivity index (χ1) is 10.7. The number of methoxy groups -OCH3 is 2. The molecule has 0 spiro atoms. The molecule has 124 valence electrons. The van der Waals surface area contributed by atoms with Crippen LogP contribution in [-0.4, -0.2) is 47.0 Å². The van der Waals surface area contributed by atoms with Crippen molar-refractivity contribution in [3.05, 3.63) is 23.8 Å². The number of hydrogen-bond acceptors (Lipinski definition) is 4. The molecular formula is C16H27N3O3. The Bertz CT molecular complexity index is 464. The van der Waals surface area contributed by atoms with E-state index < -0.39 is 0 Å². The normalized spacial score (nSPS) is 11.2. The van der Waals surface area contributed by atoms with Gasteiger partial charge in [-0.1, -0.05) is 13.0 Å². The summed E-state index contributed by atoms with van der Waals surface area (Å²) >= 11 is 0. The third-order valence-electron chi connectivity index (χ3n) is 2.97. The third-order valence-corrected chi connectivity index (χ3v) is 2.97. The van der Waals surface area contributed by atoms with Crippen LogP contribution in [0.2, 0.25) is 0 Å². The summed E-state index contributed by atoms with van der Waals surface area (Å²) in [6.45, 7) is 4.76. The second-order valence-corrected chi connectivity index (χ2v) is 4.68. The van der Waals surface area contributed by atoms with Crippen LogP contribution in [0.25, 0.3) is 0 Å². The molecule has 1 aromatic carbocycles. The molecule has 0 atom stereocenters. The van der Waals surface area contributed by atoms with Gasteiger partial charge in [0.1, 0.15) is 0 Å². The van der Waals surface area contributed by atoms with E-state index in [1.54, 1.807) is 21.3 Å². The van der Waals surface area contributed by atoms with E-state index in [9.17, 15) is 0 Å². The second-order valence-electron chi connectivity index (χ2n) is 4.68. The number of ether oxygens (including phenoxy) is 3. The van der Waals surface area contributed by atoms with Gasteiger partial charge in [-0.2, -0.15) is 0 Å². The summed E-state index contributed by atoms with van der Waals surface area (Å²) in [5, 5.41) is 6.41. The lowest BCUT2D eigenvalue weighted by Gasteiger charge is -2.14. The Morgan fingerprint density at radius 3 is 2.59 bits per heavy atom. The lowest BCUT2D eigenvalue weighted by Crippen LogP contribution is -2.38. The molecule has 0 saturated heterocycles. The van der Waals surface area contributed by atoms with Gasteiger partial charge in [0.25, 0.3) is 0 Å². The van der Waals surface area contributed by atoms with Crippen LogP contribution in [0.1, 0.15) is 18.9 Å². The van der Waals surface area contributed by atoms with Crippen LogP contribution in [-0.2, 0) is 11.3 Å². The zero-order chi connectivity index (χ0) is 16.2. The summed E-state index contributed by atoms with van der Waals surface area (Å²) < 4.78 is 16.0. The van der Waals surface area contributed by atoms with Crippen molar-refractivity contribution < 1.29 is 14.2 Å². The number of aliphatic imine (C=N–C) groups is 1. The first-order valence-corrected chi connectivity index (χ1v) is 7.48. The number of benzene rings is 1. The van der Waals surface area contributed by atoms with E-state index in [2.05, 4.69) is 22.5 Å². The van der Waals surface area contributed by atoms with E-state index in [0.717, 1.165) is 29.4 Å². The smallest absolute Gasteiger partial charge is 0.191 e. The molecule has 1 rings (SSSR count). The molecule has 22 heavy (non-hydrogen) atoms. The Labute approximate surface area is 132 Å². The van der Waals surface area contributed by atoms with Crippen LogP contribution >= 0.6 is 0 Å². The quantitative estimate of drug-likeness (QED) is 0.414. The fraction of sp³-hybridized carbons (Fsp3) is 0.562. The Morgan fingerprint density at radius 2 is 1.95 bits per heavy atom. The van der Waals surface area contributed by atoms with Crippen molar-refractivity contribution in [1.29, 1.82) is 0 Å². The van der Waals surface area contributed by atoms with Gasteiger partial charge in [-0.15, -0.1) is 0 Å². The van der Waals surface area contributed by atoms with E-state index in [4.69, 9.17) is 14.2 Å². The molecule has 0 unspecified atom stereocenters. The van der Waals surface area contributed by atoms with Crippen LogP contribution in [0, 0.1) is 0 Å². The maximum atomic E-state index is 5.65. The van der Waals surface area contributed by atoms with Gasteiger partial charge in [0, 0.05) is 27.2 Å². The largest absolute Gasteiger partial charge is 0.493 e. The topological polar surface area (TPSA) is 64.1 Å². The molecule has 0 aliphatic heterocycles. The maximum absolute atomic E-state index is 5.65. The van der Waals surface area contributed by atoms with Crippen LogP contribution in [0.4, 0.5) is 0 Å². The average molecular weight is 309 g/mol. The fourth-order valence-electron chi connectivity index (χ4n) is 1.83. The van der Waals surface area contributed by atoms with Crippen LogP contribution < -0.4 is 20.1 Å². The van der Waals surface area contributed by atoms with Crippen molar-refractivity contribution in [2.45, 2.75) is 19.9 Å². The maximum Gasteiger partial charge on any atom is 0.191 e. The lowest BCUT2D eigenvalue weighted by atomic mass is 10.2. The van der Waals surface area contributed by atoms with E-state index in [1.165, 1.54) is 0 Å². The minimum absolute atomic E-state index is 0.637. The molecule has 0 amide bonds. The third kappa shape index (κ3) is 6.22. The highest BCUT2D eigenvalue weighted by Gasteiger charge is 2.06. The lowest BCUT2D eigenvalue weighted by molar-refractivity contribution is 0.203. The molecule has 6 heteroatoms. The monoisotopic (exact) mass is 309 g/mol. The van der Waals surface area contributed by atoms with E-state index >= 15 is 0 Å². The van der Waals surface area contributed by atoms with Crippen molar-refractivity contribution in [2.24, 2.45) is 4.99 Å². The molecule has 0 bridgehead atoms. The van der Waals surface area contributed by atoms with Gasteiger partial charge in [-0.25, -0.2) is 0 Å². The zero-order valence-corrected chi connectivity index (χ0v) is 13.9. The van der Waals surface area contributed by atoms with Gasteiger partial charge in [-0.05, 0) is 24.1 Å². The van der Waals surface area contributed by atoms with E-state index in [1.807, 2.05) is 18.2 Å². The van der Waals surface area contributed by atoms with Gasteiger partial charge in [-0.3, -0.25) is 4.99 Å². The van der Waals surface area contributed by atoms with Gasteiger partial charge in [0.05, 0.1) is 20.3 Å². The molecular weight excluding hydrogens is 282 g/mol. The number of hydrogen-bond donors (Lipinski definition) is 2. The van der Waals surface area contributed by atoms with Crippen molar-refractivity contribution in [2.75, 3.05) is 41.0 Å². The Morgan fingerprint density at radius 1 is 1.14 bits per heavy atom. The zero-order valence-electron chi connectivity index (χ0n) is 13.9. The summed E-state index contributed by atoms with van der Waals surface area (Å²) in [5.41, 5.74) is 1.09. The minimum Gasteiger partial charge on any atom is -0.493 e. The van der Waals surface area contributed by atoms with E-state index in [0.29, 0.717) is 26.3 Å². The highest BCUT2D eigenvalue weighted by molar-refractivity contribution is 5.79. The van der Waals surface area contributed by atoms with Crippen molar-refractivity contribution in [1.82, 2.24) is 10.6 Å². The summed E-state index contributed by atoms with van der Waals surface area (Å²) in [6.07, 6.45) is 0.968. The molecule has 0 aliphatic rings. The molecule has 0 fully saturated rings. The average Bonchev–Trinajstić information content (AvgIpc) is 2.56. The number of guanidine groups is 1. The Hall–Kier alpha value is -1.95. The van der Waals surface area contributed by atoms with Crippen molar-refractivity contribution in [3.63, 3.8) is 0 Å². The molecule has 0 aliphatic carbocycles. The highest BCUT2D eigenvalue weighted by Crippen LogP contribution is 2.28. The van der Waals surface area contributed by atoms with E-state index in [-0.39, 0.29) is 0 Å². The standard InChI is InChI=1S/C16H27N3O3/c1-5-9-22-14-7-6-13(11-15(14)21-4)12-19-16(17-2)18-8-10-20-3/h6-7,11H,5,8-10,12H2,1-4H3,(H2,17,18,19). The Kier molecular flexibility index (Phi) is 8.83. The number of nitrogens with zero attached hydrogens (tertiary/aromatic N) is 1. The summed E-state index contributed by atoms with van der Waals surface area (Å²) in [6, 6.07) is 5.93. The van der Waals surface area contributed by atoms with Crippen molar-refractivity contribution >= 4 is 5.96 Å². The second kappa shape index (κ2) is 10.7. The predicted molar refractivity (Wildman–Crippen MR) is 88.9 cm³/mol. The van der Waals surface area contributed by atoms with Gasteiger partial charge in [0.15, 0.2) is 17.5 Å². The molecule has 1 aromatic rings. The van der Waals surface area contributed by atoms with Crippen LogP contribution in [0.3, 0.4) is 0 Å². The molecule has 0 heterocycles. The fourth-order valence-corrected chi connectivity index (χ4v) is 1.83. The molecule has 0 aromatic heterocycles. The first-order valence-electron chi connectivity index (χ1n) is 7.48. The van der Waals surface area contributed by atoms with Gasteiger partial charge >= 0.3 is 0 Å².